The van der Waals surface area contributed by atoms with E-state index < -0.39 is 6.61 Å². The molecule has 88 valence electrons. The zero-order valence-corrected chi connectivity index (χ0v) is 9.58. The third-order valence-corrected chi connectivity index (χ3v) is 2.40. The molecule has 0 radical (unpaired) electrons. The monoisotopic (exact) mass is 232 g/mol. The van der Waals surface area contributed by atoms with Crippen LogP contribution in [0, 0.1) is 6.92 Å². The standard InChI is InChI=1S/C11H12N4O2/c1-7-12-4-3-9(14-7)8-5-13-15(2)11(8)10(17)6-16/h3-5,16H,6H2,1-2H3. The van der Waals surface area contributed by atoms with E-state index in [0.717, 1.165) is 0 Å². The van der Waals surface area contributed by atoms with Gasteiger partial charge in [-0.05, 0) is 13.0 Å². The Bertz CT molecular complexity index is 562. The van der Waals surface area contributed by atoms with Crippen LogP contribution in [0.4, 0.5) is 0 Å². The molecule has 2 aromatic heterocycles. The topological polar surface area (TPSA) is 80.9 Å². The molecule has 0 fully saturated rings. The van der Waals surface area contributed by atoms with Crippen LogP contribution < -0.4 is 0 Å². The van der Waals surface area contributed by atoms with Gasteiger partial charge in [0.1, 0.15) is 18.1 Å². The van der Waals surface area contributed by atoms with Crippen LogP contribution in [0.25, 0.3) is 11.3 Å². The Morgan fingerprint density at radius 1 is 1.53 bits per heavy atom. The Morgan fingerprint density at radius 2 is 2.29 bits per heavy atom. The van der Waals surface area contributed by atoms with Crippen molar-refractivity contribution in [2.24, 2.45) is 7.05 Å². The lowest BCUT2D eigenvalue weighted by Gasteiger charge is -2.03. The summed E-state index contributed by atoms with van der Waals surface area (Å²) < 4.78 is 1.44. The van der Waals surface area contributed by atoms with E-state index in [4.69, 9.17) is 5.11 Å². The number of carbonyl (C=O) groups excluding carboxylic acids is 1. The van der Waals surface area contributed by atoms with Crippen molar-refractivity contribution >= 4 is 5.78 Å². The average molecular weight is 232 g/mol. The third-order valence-electron chi connectivity index (χ3n) is 2.40. The van der Waals surface area contributed by atoms with Crippen molar-refractivity contribution in [3.63, 3.8) is 0 Å². The largest absolute Gasteiger partial charge is 0.388 e. The fourth-order valence-corrected chi connectivity index (χ4v) is 1.64. The fourth-order valence-electron chi connectivity index (χ4n) is 1.64. The molecule has 6 heteroatoms. The lowest BCUT2D eigenvalue weighted by atomic mass is 10.1. The molecule has 0 saturated carbocycles. The number of carbonyl (C=O) groups is 1. The molecule has 6 nitrogen and oxygen atoms in total. The lowest BCUT2D eigenvalue weighted by Crippen LogP contribution is -2.12. The smallest absolute Gasteiger partial charge is 0.206 e. The molecular formula is C11H12N4O2. The first-order chi connectivity index (χ1) is 8.13. The highest BCUT2D eigenvalue weighted by Gasteiger charge is 2.18. The Kier molecular flexibility index (Phi) is 2.97. The van der Waals surface area contributed by atoms with Gasteiger partial charge in [-0.25, -0.2) is 9.97 Å². The van der Waals surface area contributed by atoms with E-state index in [9.17, 15) is 4.79 Å². The molecule has 17 heavy (non-hydrogen) atoms. The Hall–Kier alpha value is -2.08. The molecule has 0 amide bonds. The Morgan fingerprint density at radius 3 is 2.94 bits per heavy atom. The second-order valence-electron chi connectivity index (χ2n) is 3.60. The van der Waals surface area contributed by atoms with E-state index in [1.807, 2.05) is 0 Å². The molecular weight excluding hydrogens is 220 g/mol. The number of aryl methyl sites for hydroxylation is 2. The minimum Gasteiger partial charge on any atom is -0.388 e. The average Bonchev–Trinajstić information content (AvgIpc) is 2.70. The molecule has 2 aromatic rings. The summed E-state index contributed by atoms with van der Waals surface area (Å²) in [5.74, 6) is 0.241. The second kappa shape index (κ2) is 4.42. The number of nitrogens with zero attached hydrogens (tertiary/aromatic N) is 4. The molecule has 0 aromatic carbocycles. The van der Waals surface area contributed by atoms with Gasteiger partial charge < -0.3 is 5.11 Å². The van der Waals surface area contributed by atoms with Crippen LogP contribution in [-0.4, -0.2) is 37.2 Å². The number of rotatable bonds is 3. The van der Waals surface area contributed by atoms with Gasteiger partial charge in [-0.1, -0.05) is 0 Å². The van der Waals surface area contributed by atoms with Crippen LogP contribution >= 0.6 is 0 Å². The van der Waals surface area contributed by atoms with Gasteiger partial charge in [0.15, 0.2) is 0 Å². The van der Waals surface area contributed by atoms with Crippen molar-refractivity contribution in [3.8, 4) is 11.3 Å². The molecule has 0 aliphatic heterocycles. The fraction of sp³-hybridized carbons (Fsp3) is 0.273. The summed E-state index contributed by atoms with van der Waals surface area (Å²) in [7, 11) is 1.65. The third kappa shape index (κ3) is 2.07. The van der Waals surface area contributed by atoms with Crippen molar-refractivity contribution in [3.05, 3.63) is 30.0 Å². The number of Topliss-reactive ketones (excluding diaryl/α,β-unsaturated/α-hetero) is 1. The summed E-state index contributed by atoms with van der Waals surface area (Å²) in [5.41, 5.74) is 1.59. The van der Waals surface area contributed by atoms with Crippen molar-refractivity contribution in [1.82, 2.24) is 19.7 Å². The summed E-state index contributed by atoms with van der Waals surface area (Å²) >= 11 is 0. The van der Waals surface area contributed by atoms with Gasteiger partial charge in [0, 0.05) is 18.8 Å². The van der Waals surface area contributed by atoms with Crippen molar-refractivity contribution in [2.75, 3.05) is 6.61 Å². The molecule has 2 rings (SSSR count). The van der Waals surface area contributed by atoms with E-state index in [1.165, 1.54) is 4.68 Å². The first-order valence-electron chi connectivity index (χ1n) is 5.09. The summed E-state index contributed by atoms with van der Waals surface area (Å²) in [6.45, 7) is 1.23. The maximum Gasteiger partial charge on any atom is 0.206 e. The molecule has 0 spiro atoms. The molecule has 0 saturated heterocycles. The van der Waals surface area contributed by atoms with Gasteiger partial charge in [0.2, 0.25) is 5.78 Å². The summed E-state index contributed by atoms with van der Waals surface area (Å²) in [6.07, 6.45) is 3.18. The molecule has 2 heterocycles. The minimum absolute atomic E-state index is 0.352. The highest BCUT2D eigenvalue weighted by Crippen LogP contribution is 2.21. The van der Waals surface area contributed by atoms with Crippen LogP contribution in [0.2, 0.25) is 0 Å². The summed E-state index contributed by atoms with van der Waals surface area (Å²) in [6, 6.07) is 1.71. The predicted octanol–water partition coefficient (Wildman–Crippen LogP) is 0.361. The van der Waals surface area contributed by atoms with Gasteiger partial charge in [-0.2, -0.15) is 5.10 Å². The number of aromatic nitrogens is 4. The highest BCUT2D eigenvalue weighted by atomic mass is 16.3. The molecule has 1 N–H and O–H groups in total. The van der Waals surface area contributed by atoms with Gasteiger partial charge in [0.05, 0.1) is 11.9 Å². The molecule has 0 aliphatic carbocycles. The first-order valence-corrected chi connectivity index (χ1v) is 5.09. The molecule has 0 unspecified atom stereocenters. The molecule has 0 atom stereocenters. The van der Waals surface area contributed by atoms with E-state index in [-0.39, 0.29) is 5.78 Å². The SMILES string of the molecule is Cc1nccc(-c2cnn(C)c2C(=O)CO)n1. The number of ketones is 1. The highest BCUT2D eigenvalue weighted by molar-refractivity contribution is 6.01. The van der Waals surface area contributed by atoms with Crippen LogP contribution in [0.5, 0.6) is 0 Å². The van der Waals surface area contributed by atoms with E-state index in [0.29, 0.717) is 22.8 Å². The minimum atomic E-state index is -0.545. The molecule has 0 bridgehead atoms. The van der Waals surface area contributed by atoms with Gasteiger partial charge in [-0.3, -0.25) is 9.48 Å². The quantitative estimate of drug-likeness (QED) is 0.773. The lowest BCUT2D eigenvalue weighted by molar-refractivity contribution is 0.0895. The van der Waals surface area contributed by atoms with Crippen LogP contribution in [-0.2, 0) is 7.05 Å². The van der Waals surface area contributed by atoms with Gasteiger partial charge in [-0.15, -0.1) is 0 Å². The molecule has 0 aliphatic rings. The van der Waals surface area contributed by atoms with E-state index >= 15 is 0 Å². The number of aliphatic hydroxyl groups is 1. The second-order valence-corrected chi connectivity index (χ2v) is 3.60. The summed E-state index contributed by atoms with van der Waals surface area (Å²) in [5, 5.41) is 12.9. The van der Waals surface area contributed by atoms with Crippen LogP contribution in [0.1, 0.15) is 16.3 Å². The maximum atomic E-state index is 11.6. The van der Waals surface area contributed by atoms with Gasteiger partial charge >= 0.3 is 0 Å². The van der Waals surface area contributed by atoms with Crippen molar-refractivity contribution in [1.29, 1.82) is 0 Å². The predicted molar refractivity (Wildman–Crippen MR) is 60.4 cm³/mol. The first kappa shape index (κ1) is 11.4. The van der Waals surface area contributed by atoms with Crippen molar-refractivity contribution < 1.29 is 9.90 Å². The zero-order chi connectivity index (χ0) is 12.4. The number of hydrogen-bond acceptors (Lipinski definition) is 5. The van der Waals surface area contributed by atoms with Crippen LogP contribution in [0.3, 0.4) is 0 Å². The number of hydrogen-bond donors (Lipinski definition) is 1. The van der Waals surface area contributed by atoms with E-state index in [2.05, 4.69) is 15.1 Å². The normalized spacial score (nSPS) is 10.5. The Balaban J connectivity index is 2.57. The maximum absolute atomic E-state index is 11.6. The van der Waals surface area contributed by atoms with Crippen molar-refractivity contribution in [2.45, 2.75) is 6.92 Å². The van der Waals surface area contributed by atoms with Gasteiger partial charge in [0.25, 0.3) is 0 Å². The zero-order valence-electron chi connectivity index (χ0n) is 9.58. The summed E-state index contributed by atoms with van der Waals surface area (Å²) in [4.78, 5) is 19.9. The Labute approximate surface area is 98.0 Å². The van der Waals surface area contributed by atoms with E-state index in [1.54, 1.807) is 32.4 Å². The number of aliphatic hydroxyl groups excluding tert-OH is 1. The van der Waals surface area contributed by atoms with Crippen LogP contribution in [0.15, 0.2) is 18.5 Å².